The fourth-order valence-electron chi connectivity index (χ4n) is 3.41. The normalized spacial score (nSPS) is 13.2. The largest absolute Gasteiger partial charge is 0.494 e. The number of carbonyl (C=O) groups excluding carboxylic acids is 1. The van der Waals surface area contributed by atoms with Crippen molar-refractivity contribution in [3.05, 3.63) is 54.4 Å². The SMILES string of the molecule is CCOc1ccc(Oc2ccc(NC(=O)CSc3nnc4n3CCCCC4)cc2)cc1. The van der Waals surface area contributed by atoms with Gasteiger partial charge in [0.05, 0.1) is 12.4 Å². The van der Waals surface area contributed by atoms with E-state index in [1.807, 2.05) is 55.5 Å². The van der Waals surface area contributed by atoms with Crippen LogP contribution in [0.25, 0.3) is 0 Å². The fourth-order valence-corrected chi connectivity index (χ4v) is 4.19. The molecule has 2 aromatic carbocycles. The number of amides is 1. The van der Waals surface area contributed by atoms with E-state index in [1.54, 1.807) is 0 Å². The molecule has 0 atom stereocenters. The Bertz CT molecular complexity index is 1000. The lowest BCUT2D eigenvalue weighted by atomic mass is 10.2. The van der Waals surface area contributed by atoms with Crippen LogP contribution in [0.1, 0.15) is 32.0 Å². The van der Waals surface area contributed by atoms with Crippen LogP contribution in [0.4, 0.5) is 5.69 Å². The number of fused-ring (bicyclic) bond motifs is 1. The van der Waals surface area contributed by atoms with Gasteiger partial charge < -0.3 is 19.4 Å². The highest BCUT2D eigenvalue weighted by Gasteiger charge is 2.16. The van der Waals surface area contributed by atoms with Gasteiger partial charge in [-0.2, -0.15) is 0 Å². The van der Waals surface area contributed by atoms with Gasteiger partial charge in [0.15, 0.2) is 5.16 Å². The Morgan fingerprint density at radius 3 is 2.45 bits per heavy atom. The molecular weight excluding hydrogens is 412 g/mol. The second-order valence-corrected chi connectivity index (χ2v) is 8.17. The van der Waals surface area contributed by atoms with Crippen LogP contribution in [0.3, 0.4) is 0 Å². The maximum Gasteiger partial charge on any atom is 0.234 e. The second-order valence-electron chi connectivity index (χ2n) is 7.23. The Morgan fingerprint density at radius 1 is 1.00 bits per heavy atom. The summed E-state index contributed by atoms with van der Waals surface area (Å²) in [6.07, 6.45) is 4.47. The number of thioether (sulfide) groups is 1. The number of carbonyl (C=O) groups is 1. The van der Waals surface area contributed by atoms with Crippen molar-refractivity contribution in [2.75, 3.05) is 17.7 Å². The molecule has 0 bridgehead atoms. The van der Waals surface area contributed by atoms with Crippen LogP contribution < -0.4 is 14.8 Å². The molecule has 0 saturated carbocycles. The van der Waals surface area contributed by atoms with Crippen LogP contribution in [0.15, 0.2) is 53.7 Å². The minimum absolute atomic E-state index is 0.0730. The van der Waals surface area contributed by atoms with Gasteiger partial charge in [0, 0.05) is 18.7 Å². The van der Waals surface area contributed by atoms with Crippen LogP contribution in [0.2, 0.25) is 0 Å². The molecular formula is C23H26N4O3S. The Balaban J connectivity index is 1.27. The minimum Gasteiger partial charge on any atom is -0.494 e. The van der Waals surface area contributed by atoms with Crippen molar-refractivity contribution < 1.29 is 14.3 Å². The van der Waals surface area contributed by atoms with E-state index in [1.165, 1.54) is 18.2 Å². The molecule has 3 aromatic rings. The van der Waals surface area contributed by atoms with Crippen LogP contribution in [0, 0.1) is 0 Å². The Labute approximate surface area is 186 Å². The number of hydrogen-bond donors (Lipinski definition) is 1. The summed E-state index contributed by atoms with van der Waals surface area (Å²) >= 11 is 1.43. The number of anilines is 1. The number of ether oxygens (including phenoxy) is 2. The Hall–Kier alpha value is -3.00. The van der Waals surface area contributed by atoms with Gasteiger partial charge in [-0.1, -0.05) is 18.2 Å². The first kappa shape index (κ1) is 21.2. The van der Waals surface area contributed by atoms with E-state index in [2.05, 4.69) is 20.1 Å². The van der Waals surface area contributed by atoms with E-state index in [9.17, 15) is 4.79 Å². The van der Waals surface area contributed by atoms with Gasteiger partial charge in [-0.05, 0) is 68.3 Å². The molecule has 0 fully saturated rings. The zero-order chi connectivity index (χ0) is 21.5. The van der Waals surface area contributed by atoms with Crippen LogP contribution in [0.5, 0.6) is 17.2 Å². The third-order valence-corrected chi connectivity index (χ3v) is 5.88. The Morgan fingerprint density at radius 2 is 1.71 bits per heavy atom. The van der Waals surface area contributed by atoms with Crippen LogP contribution in [-0.4, -0.2) is 33.0 Å². The van der Waals surface area contributed by atoms with Gasteiger partial charge in [-0.3, -0.25) is 4.79 Å². The van der Waals surface area contributed by atoms with Gasteiger partial charge in [-0.25, -0.2) is 0 Å². The van der Waals surface area contributed by atoms with Crippen LogP contribution in [-0.2, 0) is 17.8 Å². The first-order valence-corrected chi connectivity index (χ1v) is 11.6. The van der Waals surface area contributed by atoms with Gasteiger partial charge in [0.25, 0.3) is 0 Å². The minimum atomic E-state index is -0.0730. The van der Waals surface area contributed by atoms with Gasteiger partial charge in [0.1, 0.15) is 23.1 Å². The quantitative estimate of drug-likeness (QED) is 0.503. The summed E-state index contributed by atoms with van der Waals surface area (Å²) in [5.74, 6) is 3.49. The van der Waals surface area contributed by atoms with Crippen molar-refractivity contribution in [2.45, 2.75) is 44.3 Å². The molecule has 7 nitrogen and oxygen atoms in total. The molecule has 4 rings (SSSR count). The van der Waals surface area contributed by atoms with Gasteiger partial charge >= 0.3 is 0 Å². The lowest BCUT2D eigenvalue weighted by Gasteiger charge is -2.09. The van der Waals surface area contributed by atoms with Crippen LogP contribution >= 0.6 is 11.8 Å². The predicted molar refractivity (Wildman–Crippen MR) is 121 cm³/mol. The van der Waals surface area contributed by atoms with E-state index in [0.717, 1.165) is 54.0 Å². The fraction of sp³-hybridized carbons (Fsp3) is 0.348. The van der Waals surface area contributed by atoms with Crippen molar-refractivity contribution in [3.63, 3.8) is 0 Å². The summed E-state index contributed by atoms with van der Waals surface area (Å²) in [6.45, 7) is 3.52. The molecule has 0 saturated heterocycles. The number of aromatic nitrogens is 3. The maximum atomic E-state index is 12.4. The predicted octanol–water partition coefficient (Wildman–Crippen LogP) is 4.93. The Kier molecular flexibility index (Phi) is 7.09. The molecule has 162 valence electrons. The average Bonchev–Trinajstić information content (AvgIpc) is 3.01. The lowest BCUT2D eigenvalue weighted by Crippen LogP contribution is -2.14. The number of benzene rings is 2. The molecule has 0 radical (unpaired) electrons. The highest BCUT2D eigenvalue weighted by atomic mass is 32.2. The molecule has 8 heteroatoms. The number of rotatable bonds is 8. The molecule has 1 aromatic heterocycles. The molecule has 1 aliphatic heterocycles. The first-order chi connectivity index (χ1) is 15.2. The summed E-state index contributed by atoms with van der Waals surface area (Å²) in [7, 11) is 0. The van der Waals surface area contributed by atoms with E-state index in [0.29, 0.717) is 18.1 Å². The standard InChI is InChI=1S/C23H26N4O3S/c1-2-29-18-11-13-20(14-12-18)30-19-9-7-17(8-10-19)24-22(28)16-31-23-26-25-21-6-4-3-5-15-27(21)23/h7-14H,2-6,15-16H2,1H3,(H,24,28). The summed E-state index contributed by atoms with van der Waals surface area (Å²) in [5.41, 5.74) is 0.727. The molecule has 1 aliphatic rings. The van der Waals surface area contributed by atoms with Crippen molar-refractivity contribution in [2.24, 2.45) is 0 Å². The van der Waals surface area contributed by atoms with Gasteiger partial charge in [0.2, 0.25) is 5.91 Å². The third-order valence-electron chi connectivity index (χ3n) is 4.92. The maximum absolute atomic E-state index is 12.4. The molecule has 1 N–H and O–H groups in total. The number of nitrogens with one attached hydrogen (secondary N) is 1. The molecule has 31 heavy (non-hydrogen) atoms. The molecule has 2 heterocycles. The monoisotopic (exact) mass is 438 g/mol. The summed E-state index contributed by atoms with van der Waals surface area (Å²) < 4.78 is 13.4. The lowest BCUT2D eigenvalue weighted by molar-refractivity contribution is -0.113. The number of aryl methyl sites for hydroxylation is 1. The van der Waals surface area contributed by atoms with Crippen molar-refractivity contribution in [1.82, 2.24) is 14.8 Å². The van der Waals surface area contributed by atoms with Crippen molar-refractivity contribution in [1.29, 1.82) is 0 Å². The molecule has 1 amide bonds. The highest BCUT2D eigenvalue weighted by Crippen LogP contribution is 2.26. The summed E-state index contributed by atoms with van der Waals surface area (Å²) in [4.78, 5) is 12.4. The summed E-state index contributed by atoms with van der Waals surface area (Å²) in [6, 6.07) is 14.8. The van der Waals surface area contributed by atoms with Crippen molar-refractivity contribution in [3.8, 4) is 17.2 Å². The van der Waals surface area contributed by atoms with E-state index in [-0.39, 0.29) is 5.91 Å². The van der Waals surface area contributed by atoms with E-state index < -0.39 is 0 Å². The topological polar surface area (TPSA) is 78.3 Å². The van der Waals surface area contributed by atoms with Crippen molar-refractivity contribution >= 4 is 23.4 Å². The average molecular weight is 439 g/mol. The van der Waals surface area contributed by atoms with E-state index in [4.69, 9.17) is 9.47 Å². The number of nitrogens with zero attached hydrogens (tertiary/aromatic N) is 3. The van der Waals surface area contributed by atoms with Gasteiger partial charge in [-0.15, -0.1) is 10.2 Å². The smallest absolute Gasteiger partial charge is 0.234 e. The zero-order valence-corrected chi connectivity index (χ0v) is 18.4. The van der Waals surface area contributed by atoms with E-state index >= 15 is 0 Å². The molecule has 0 spiro atoms. The number of hydrogen-bond acceptors (Lipinski definition) is 6. The second kappa shape index (κ2) is 10.3. The molecule has 0 unspecified atom stereocenters. The third kappa shape index (κ3) is 5.79. The first-order valence-electron chi connectivity index (χ1n) is 10.6. The highest BCUT2D eigenvalue weighted by molar-refractivity contribution is 7.99. The summed E-state index contributed by atoms with van der Waals surface area (Å²) in [5, 5.41) is 12.3. The molecule has 0 aliphatic carbocycles. The zero-order valence-electron chi connectivity index (χ0n) is 17.5.